The van der Waals surface area contributed by atoms with Gasteiger partial charge in [-0.15, -0.1) is 0 Å². The van der Waals surface area contributed by atoms with Crippen LogP contribution in [0.5, 0.6) is 0 Å². The molecule has 2 heterocycles. The van der Waals surface area contributed by atoms with Crippen molar-refractivity contribution in [2.24, 2.45) is 4.74 Å². The first-order chi connectivity index (χ1) is 11.2. The largest absolute Gasteiger partial charge is 0.275 e. The van der Waals surface area contributed by atoms with E-state index in [0.29, 0.717) is 0 Å². The van der Waals surface area contributed by atoms with Crippen LogP contribution in [0.25, 0.3) is 5.70 Å². The maximum Gasteiger partial charge on any atom is 0.127 e. The summed E-state index contributed by atoms with van der Waals surface area (Å²) in [6.45, 7) is 0. The van der Waals surface area contributed by atoms with Gasteiger partial charge in [0.25, 0.3) is 0 Å². The molecule has 0 unspecified atom stereocenters. The molecule has 1 aliphatic rings. The van der Waals surface area contributed by atoms with Crippen LogP contribution >= 0.6 is 14.5 Å². The fourth-order valence-corrected chi connectivity index (χ4v) is 11.8. The molecule has 24 heavy (non-hydrogen) atoms. The molecule has 0 bridgehead atoms. The Morgan fingerprint density at radius 1 is 0.792 bits per heavy atom. The van der Waals surface area contributed by atoms with Crippen LogP contribution in [-0.2, 0) is 0 Å². The van der Waals surface area contributed by atoms with Crippen LogP contribution in [0.1, 0.15) is 5.69 Å². The second-order valence-corrected chi connectivity index (χ2v) is 13.9. The van der Waals surface area contributed by atoms with Crippen LogP contribution in [0, 0.1) is 0 Å². The molecule has 0 aliphatic carbocycles. The molecule has 0 fully saturated rings. The van der Waals surface area contributed by atoms with Gasteiger partial charge >= 0.3 is 0 Å². The van der Waals surface area contributed by atoms with Crippen LogP contribution in [0.4, 0.5) is 0 Å². The molecule has 2 rings (SSSR count). The highest BCUT2D eigenvalue weighted by Crippen LogP contribution is 2.67. The summed E-state index contributed by atoms with van der Waals surface area (Å²) >= 11 is 0. The van der Waals surface area contributed by atoms with Gasteiger partial charge in [-0.1, -0.05) is 6.07 Å². The fraction of sp³-hybridized carbons (Fsp3) is 0.500. The quantitative estimate of drug-likeness (QED) is 0.746. The van der Waals surface area contributed by atoms with E-state index < -0.39 is 14.5 Å². The molecule has 0 N–H and O–H groups in total. The van der Waals surface area contributed by atoms with Crippen LogP contribution < -0.4 is 0 Å². The van der Waals surface area contributed by atoms with Crippen molar-refractivity contribution in [2.45, 2.75) is 0 Å². The highest BCUT2D eigenvalue weighted by atomic mass is 31.2. The number of hydrogen-bond donors (Lipinski definition) is 0. The Labute approximate surface area is 147 Å². The van der Waals surface area contributed by atoms with Gasteiger partial charge in [0.15, 0.2) is 0 Å². The first-order valence-corrected chi connectivity index (χ1v) is 11.4. The maximum atomic E-state index is 5.22. The number of pyridine rings is 1. The lowest BCUT2D eigenvalue weighted by atomic mass is 10.3. The summed E-state index contributed by atoms with van der Waals surface area (Å²) < 4.78 is 14.4. The topological polar surface area (TPSA) is 38.2 Å². The van der Waals surface area contributed by atoms with E-state index in [9.17, 15) is 0 Å². The van der Waals surface area contributed by atoms with E-state index >= 15 is 0 Å². The van der Waals surface area contributed by atoms with E-state index in [0.717, 1.165) is 11.4 Å². The van der Waals surface area contributed by atoms with E-state index in [1.165, 1.54) is 0 Å². The van der Waals surface area contributed by atoms with E-state index in [1.807, 2.05) is 24.4 Å². The lowest BCUT2D eigenvalue weighted by Crippen LogP contribution is -2.28. The smallest absolute Gasteiger partial charge is 0.127 e. The third-order valence-electron chi connectivity index (χ3n) is 4.28. The molecule has 6 nitrogen and oxygen atoms in total. The zero-order valence-electron chi connectivity index (χ0n) is 16.0. The lowest BCUT2D eigenvalue weighted by Gasteiger charge is -2.44. The minimum Gasteiger partial charge on any atom is -0.275 e. The van der Waals surface area contributed by atoms with E-state index in [2.05, 4.69) is 91.4 Å². The molecular weight excluding hydrogens is 338 g/mol. The SMILES string of the molecule is CN(C)P1(N(C)C)=CP(N(C)C)(N(C)C)=NC(c2ccccn2)=C1. The summed E-state index contributed by atoms with van der Waals surface area (Å²) in [5.74, 6) is 2.32. The van der Waals surface area contributed by atoms with Crippen molar-refractivity contribution in [3.63, 3.8) is 0 Å². The normalized spacial score (nSPS) is 19.4. The molecule has 0 spiro atoms. The van der Waals surface area contributed by atoms with Crippen molar-refractivity contribution in [1.82, 2.24) is 23.7 Å². The molecule has 0 saturated carbocycles. The van der Waals surface area contributed by atoms with Gasteiger partial charge in [0.2, 0.25) is 0 Å². The highest BCUT2D eigenvalue weighted by Gasteiger charge is 2.35. The number of rotatable bonds is 5. The molecule has 0 atom stereocenters. The predicted octanol–water partition coefficient (Wildman–Crippen LogP) is 3.28. The van der Waals surface area contributed by atoms with Crippen LogP contribution in [0.2, 0.25) is 0 Å². The molecule has 1 aromatic heterocycles. The van der Waals surface area contributed by atoms with Crippen molar-refractivity contribution < 1.29 is 0 Å². The molecule has 0 radical (unpaired) electrons. The summed E-state index contributed by atoms with van der Waals surface area (Å²) in [5.41, 5.74) is 4.42. The average molecular weight is 368 g/mol. The monoisotopic (exact) mass is 368 g/mol. The van der Waals surface area contributed by atoms with Gasteiger partial charge in [-0.3, -0.25) is 23.7 Å². The Balaban J connectivity index is 2.88. The third-order valence-corrected chi connectivity index (χ3v) is 12.9. The number of aromatic nitrogens is 1. The molecule has 0 saturated heterocycles. The summed E-state index contributed by atoms with van der Waals surface area (Å²) in [5, 5.41) is 0. The Bertz CT molecular complexity index is 676. The fourth-order valence-electron chi connectivity index (χ4n) is 2.82. The van der Waals surface area contributed by atoms with E-state index in [4.69, 9.17) is 4.74 Å². The van der Waals surface area contributed by atoms with E-state index in [1.54, 1.807) is 0 Å². The number of hydrogen-bond acceptors (Lipinski definition) is 6. The zero-order valence-corrected chi connectivity index (χ0v) is 17.8. The van der Waals surface area contributed by atoms with Crippen molar-refractivity contribution in [1.29, 1.82) is 0 Å². The average Bonchev–Trinajstić information content (AvgIpc) is 2.54. The second-order valence-electron chi connectivity index (χ2n) is 6.65. The first-order valence-electron chi connectivity index (χ1n) is 7.89. The van der Waals surface area contributed by atoms with Gasteiger partial charge in [0.05, 0.1) is 11.4 Å². The van der Waals surface area contributed by atoms with Crippen molar-refractivity contribution in [3.8, 4) is 0 Å². The van der Waals surface area contributed by atoms with Gasteiger partial charge in [0.1, 0.15) is 7.36 Å². The van der Waals surface area contributed by atoms with Crippen LogP contribution in [0.3, 0.4) is 0 Å². The Kier molecular flexibility index (Phi) is 5.91. The molecule has 1 aromatic rings. The molecule has 0 aromatic carbocycles. The molecular formula is C16H30N6P2. The predicted molar refractivity (Wildman–Crippen MR) is 109 cm³/mol. The zero-order chi connectivity index (χ0) is 18.1. The lowest BCUT2D eigenvalue weighted by molar-refractivity contribution is 0.570. The number of nitrogens with zero attached hydrogens (tertiary/aromatic N) is 6. The van der Waals surface area contributed by atoms with Gasteiger partial charge in [-0.2, -0.15) is 0 Å². The van der Waals surface area contributed by atoms with Gasteiger partial charge in [-0.25, -0.2) is 4.74 Å². The van der Waals surface area contributed by atoms with E-state index in [-0.39, 0.29) is 0 Å². The van der Waals surface area contributed by atoms with Crippen molar-refractivity contribution in [3.05, 3.63) is 35.9 Å². The minimum absolute atomic E-state index is 0.937. The maximum absolute atomic E-state index is 5.22. The van der Waals surface area contributed by atoms with Gasteiger partial charge in [0, 0.05) is 18.9 Å². The van der Waals surface area contributed by atoms with Crippen LogP contribution in [0.15, 0.2) is 35.0 Å². The Morgan fingerprint density at radius 3 is 1.79 bits per heavy atom. The second kappa shape index (κ2) is 7.25. The van der Waals surface area contributed by atoms with Crippen molar-refractivity contribution >= 4 is 25.8 Å². The molecule has 134 valence electrons. The third kappa shape index (κ3) is 3.32. The Hall–Kier alpha value is -0.740. The summed E-state index contributed by atoms with van der Waals surface area (Å²) in [6, 6.07) is 6.01. The van der Waals surface area contributed by atoms with Gasteiger partial charge < -0.3 is 0 Å². The molecule has 1 aliphatic heterocycles. The Morgan fingerprint density at radius 2 is 1.38 bits per heavy atom. The summed E-state index contributed by atoms with van der Waals surface area (Å²) in [6.07, 6.45) is 1.83. The highest BCUT2D eigenvalue weighted by molar-refractivity contribution is 7.94. The summed E-state index contributed by atoms with van der Waals surface area (Å²) in [4.78, 5) is 4.56. The summed E-state index contributed by atoms with van der Waals surface area (Å²) in [7, 11) is 13.4. The molecule has 0 amide bonds. The molecule has 8 heteroatoms. The van der Waals surface area contributed by atoms with Crippen LogP contribution in [-0.4, -0.2) is 85.6 Å². The van der Waals surface area contributed by atoms with Gasteiger partial charge in [-0.05, 0) is 74.3 Å². The standard InChI is InChI=1S/C16H30N6P2/c1-19(2)23(20(3)4)13-16(15-11-9-10-12-17-15)18-24(14-23,21(5)6)22(7)8/h9-14H,1-8H3. The first kappa shape index (κ1) is 19.6. The van der Waals surface area contributed by atoms with Crippen molar-refractivity contribution in [2.75, 3.05) is 56.4 Å². The minimum atomic E-state index is -1.96.